The Morgan fingerprint density at radius 1 is 1.04 bits per heavy atom. The van der Waals surface area contributed by atoms with Crippen LogP contribution in [0.15, 0.2) is 63.7 Å². The van der Waals surface area contributed by atoms with E-state index in [2.05, 4.69) is 29.0 Å². The van der Waals surface area contributed by atoms with E-state index in [1.54, 1.807) is 0 Å². The van der Waals surface area contributed by atoms with E-state index in [9.17, 15) is 4.79 Å². The molecule has 0 aromatic heterocycles. The number of hydrogen-bond acceptors (Lipinski definition) is 5. The topological polar surface area (TPSA) is 45.0 Å². The molecule has 1 atom stereocenters. The number of benzene rings is 2. The largest absolute Gasteiger partial charge is 0.372 e. The monoisotopic (exact) mass is 325 g/mol. The first-order valence-corrected chi connectivity index (χ1v) is 8.66. The molecule has 0 radical (unpaired) electrons. The Balaban J connectivity index is 1.71. The number of anilines is 1. The van der Waals surface area contributed by atoms with E-state index in [1.165, 1.54) is 17.4 Å². The van der Waals surface area contributed by atoms with Gasteiger partial charge in [-0.1, -0.05) is 30.0 Å². The first kappa shape index (κ1) is 15.7. The molecule has 5 heteroatoms. The number of thioether (sulfide) groups is 1. The first-order chi connectivity index (χ1) is 11.2. The summed E-state index contributed by atoms with van der Waals surface area (Å²) in [5.74, 6) is 0.0362. The molecule has 0 bridgehead atoms. The maximum Gasteiger partial charge on any atom is 0.200 e. The Morgan fingerprint density at radius 2 is 1.74 bits per heavy atom. The zero-order valence-corrected chi connectivity index (χ0v) is 14.1. The SMILES string of the molecule is CCN(CC)c1ccc(N=NC2Sc3ccccc3C2=O)cc1. The molecule has 118 valence electrons. The van der Waals surface area contributed by atoms with Gasteiger partial charge in [0, 0.05) is 29.2 Å². The van der Waals surface area contributed by atoms with Crippen molar-refractivity contribution in [1.29, 1.82) is 0 Å². The molecule has 3 rings (SSSR count). The van der Waals surface area contributed by atoms with Gasteiger partial charge < -0.3 is 4.90 Å². The Morgan fingerprint density at radius 3 is 2.39 bits per heavy atom. The number of rotatable bonds is 5. The lowest BCUT2D eigenvalue weighted by Crippen LogP contribution is -2.21. The van der Waals surface area contributed by atoms with Crippen LogP contribution in [0.2, 0.25) is 0 Å². The number of azo groups is 1. The highest BCUT2D eigenvalue weighted by Gasteiger charge is 2.30. The van der Waals surface area contributed by atoms with Gasteiger partial charge in [0.1, 0.15) is 0 Å². The van der Waals surface area contributed by atoms with Crippen LogP contribution in [0.1, 0.15) is 24.2 Å². The number of Topliss-reactive ketones (excluding diaryl/α,β-unsaturated/α-hetero) is 1. The van der Waals surface area contributed by atoms with Gasteiger partial charge >= 0.3 is 0 Å². The van der Waals surface area contributed by atoms with Crippen molar-refractivity contribution in [3.05, 3.63) is 54.1 Å². The van der Waals surface area contributed by atoms with Gasteiger partial charge in [-0.05, 0) is 44.2 Å². The number of carbonyl (C=O) groups excluding carboxylic acids is 1. The molecular formula is C18H19N3OS. The summed E-state index contributed by atoms with van der Waals surface area (Å²) >= 11 is 1.46. The van der Waals surface area contributed by atoms with E-state index in [-0.39, 0.29) is 5.78 Å². The summed E-state index contributed by atoms with van der Waals surface area (Å²) in [6.07, 6.45) is 0. The Kier molecular flexibility index (Phi) is 4.76. The van der Waals surface area contributed by atoms with E-state index in [4.69, 9.17) is 0 Å². The van der Waals surface area contributed by atoms with E-state index in [1.807, 2.05) is 48.5 Å². The van der Waals surface area contributed by atoms with Gasteiger partial charge in [0.25, 0.3) is 0 Å². The number of ketones is 1. The van der Waals surface area contributed by atoms with E-state index < -0.39 is 5.37 Å². The fourth-order valence-corrected chi connectivity index (χ4v) is 3.62. The summed E-state index contributed by atoms with van der Waals surface area (Å²) in [5.41, 5.74) is 2.69. The molecule has 2 aromatic rings. The highest BCUT2D eigenvalue weighted by Crippen LogP contribution is 2.37. The van der Waals surface area contributed by atoms with Crippen LogP contribution >= 0.6 is 11.8 Å². The maximum absolute atomic E-state index is 12.3. The van der Waals surface area contributed by atoms with Crippen molar-refractivity contribution in [1.82, 2.24) is 0 Å². The van der Waals surface area contributed by atoms with E-state index in [0.717, 1.165) is 29.2 Å². The third kappa shape index (κ3) is 3.29. The molecule has 2 aromatic carbocycles. The number of carbonyl (C=O) groups is 1. The maximum atomic E-state index is 12.3. The third-order valence-corrected chi connectivity index (χ3v) is 5.01. The lowest BCUT2D eigenvalue weighted by atomic mass is 10.1. The van der Waals surface area contributed by atoms with Gasteiger partial charge in [-0.15, -0.1) is 0 Å². The minimum Gasteiger partial charge on any atom is -0.372 e. The second kappa shape index (κ2) is 6.96. The number of fused-ring (bicyclic) bond motifs is 1. The first-order valence-electron chi connectivity index (χ1n) is 7.78. The highest BCUT2D eigenvalue weighted by atomic mass is 32.2. The summed E-state index contributed by atoms with van der Waals surface area (Å²) in [6.45, 7) is 6.22. The fourth-order valence-electron chi connectivity index (χ4n) is 2.59. The summed E-state index contributed by atoms with van der Waals surface area (Å²) in [5, 5.41) is 8.00. The predicted molar refractivity (Wildman–Crippen MR) is 94.9 cm³/mol. The van der Waals surface area contributed by atoms with Gasteiger partial charge in [0.15, 0.2) is 5.37 Å². The van der Waals surface area contributed by atoms with Gasteiger partial charge in [-0.25, -0.2) is 0 Å². The third-order valence-electron chi connectivity index (χ3n) is 3.87. The van der Waals surface area contributed by atoms with Crippen LogP contribution in [0, 0.1) is 0 Å². The van der Waals surface area contributed by atoms with Crippen LogP contribution in [0.4, 0.5) is 11.4 Å². The van der Waals surface area contributed by atoms with Crippen LogP contribution in [0.5, 0.6) is 0 Å². The minimum absolute atomic E-state index is 0.0362. The van der Waals surface area contributed by atoms with E-state index >= 15 is 0 Å². The van der Waals surface area contributed by atoms with Crippen molar-refractivity contribution in [3.63, 3.8) is 0 Å². The van der Waals surface area contributed by atoms with Crippen molar-refractivity contribution in [2.75, 3.05) is 18.0 Å². The molecule has 1 unspecified atom stereocenters. The molecule has 1 heterocycles. The molecule has 0 fully saturated rings. The number of hydrogen-bond donors (Lipinski definition) is 0. The van der Waals surface area contributed by atoms with Gasteiger partial charge in [0.2, 0.25) is 5.78 Å². The zero-order valence-electron chi connectivity index (χ0n) is 13.3. The van der Waals surface area contributed by atoms with Gasteiger partial charge in [-0.2, -0.15) is 10.2 Å². The smallest absolute Gasteiger partial charge is 0.200 e. The Labute approximate surface area is 140 Å². The molecule has 4 nitrogen and oxygen atoms in total. The number of nitrogens with zero attached hydrogens (tertiary/aromatic N) is 3. The molecule has 0 N–H and O–H groups in total. The van der Waals surface area contributed by atoms with Crippen molar-refractivity contribution < 1.29 is 4.79 Å². The summed E-state index contributed by atoms with van der Waals surface area (Å²) in [7, 11) is 0. The average Bonchev–Trinajstić information content (AvgIpc) is 2.92. The Hall–Kier alpha value is -2.14. The molecule has 0 saturated carbocycles. The van der Waals surface area contributed by atoms with Crippen LogP contribution in [-0.2, 0) is 0 Å². The standard InChI is InChI=1S/C18H19N3OS/c1-3-21(4-2)14-11-9-13(10-12-14)19-20-18-17(22)15-7-5-6-8-16(15)23-18/h5-12,18H,3-4H2,1-2H3. The van der Waals surface area contributed by atoms with Crippen molar-refractivity contribution in [3.8, 4) is 0 Å². The molecular weight excluding hydrogens is 306 g/mol. The van der Waals surface area contributed by atoms with Crippen LogP contribution in [0.3, 0.4) is 0 Å². The predicted octanol–water partition coefficient (Wildman–Crippen LogP) is 4.93. The fraction of sp³-hybridized carbons (Fsp3) is 0.278. The van der Waals surface area contributed by atoms with Crippen molar-refractivity contribution >= 4 is 28.9 Å². The quantitative estimate of drug-likeness (QED) is 0.732. The molecule has 23 heavy (non-hydrogen) atoms. The lowest BCUT2D eigenvalue weighted by molar-refractivity contribution is 0.0992. The molecule has 1 aliphatic heterocycles. The van der Waals surface area contributed by atoms with Gasteiger partial charge in [0.05, 0.1) is 5.69 Å². The summed E-state index contributed by atoms with van der Waals surface area (Å²) in [4.78, 5) is 15.5. The highest BCUT2D eigenvalue weighted by molar-refractivity contribution is 8.01. The van der Waals surface area contributed by atoms with Crippen molar-refractivity contribution in [2.45, 2.75) is 24.1 Å². The Bertz CT molecular complexity index is 723. The molecule has 0 amide bonds. The van der Waals surface area contributed by atoms with E-state index in [0.29, 0.717) is 0 Å². The molecule has 0 saturated heterocycles. The zero-order chi connectivity index (χ0) is 16.2. The molecule has 1 aliphatic rings. The van der Waals surface area contributed by atoms with Crippen LogP contribution in [0.25, 0.3) is 0 Å². The minimum atomic E-state index is -0.463. The second-order valence-electron chi connectivity index (χ2n) is 5.23. The van der Waals surface area contributed by atoms with Crippen LogP contribution in [-0.4, -0.2) is 24.2 Å². The van der Waals surface area contributed by atoms with Crippen LogP contribution < -0.4 is 4.90 Å². The summed E-state index contributed by atoms with van der Waals surface area (Å²) < 4.78 is 0. The second-order valence-corrected chi connectivity index (χ2v) is 6.36. The molecule has 0 aliphatic carbocycles. The summed E-state index contributed by atoms with van der Waals surface area (Å²) in [6, 6.07) is 15.6. The average molecular weight is 325 g/mol. The lowest BCUT2D eigenvalue weighted by Gasteiger charge is -2.20. The van der Waals surface area contributed by atoms with Gasteiger partial charge in [-0.3, -0.25) is 4.79 Å². The molecule has 0 spiro atoms. The normalized spacial score (nSPS) is 16.8. The van der Waals surface area contributed by atoms with Crippen molar-refractivity contribution in [2.24, 2.45) is 10.2 Å².